The quantitative estimate of drug-likeness (QED) is 0.0969. The van der Waals surface area contributed by atoms with Crippen LogP contribution in [0.1, 0.15) is 72.1 Å². The number of carbonyl (C=O) groups is 4. The number of carbonyl (C=O) groups excluding carboxylic acids is 4. The number of Topliss-reactive ketones (excluding diaryl/α,β-unsaturated/α-hetero) is 1. The van der Waals surface area contributed by atoms with E-state index in [0.717, 1.165) is 9.79 Å². The summed E-state index contributed by atoms with van der Waals surface area (Å²) in [4.78, 5) is 49.6. The monoisotopic (exact) mass is 648 g/mol. The fraction of sp³-hybridized carbons (Fsp3) is 0.333. The summed E-state index contributed by atoms with van der Waals surface area (Å²) in [7, 11) is 3.03. The van der Waals surface area contributed by atoms with Crippen molar-refractivity contribution in [3.8, 4) is 5.75 Å². The molecule has 10 heteroatoms. The van der Waals surface area contributed by atoms with Crippen molar-refractivity contribution in [3.63, 3.8) is 0 Å². The smallest absolute Gasteiger partial charge is 0.339 e. The largest absolute Gasteiger partial charge is 0.465 e. The second-order valence-electron chi connectivity index (χ2n) is 11.9. The van der Waals surface area contributed by atoms with Gasteiger partial charge in [-0.05, 0) is 99.0 Å². The Kier molecular flexibility index (Phi) is 14.4. The van der Waals surface area contributed by atoms with Crippen LogP contribution in [0.4, 0.5) is 0 Å². The van der Waals surface area contributed by atoms with Gasteiger partial charge in [0.15, 0.2) is 5.78 Å². The lowest BCUT2D eigenvalue weighted by Crippen LogP contribution is -2.52. The lowest BCUT2D eigenvalue weighted by molar-refractivity contribution is -0.142. The Bertz CT molecular complexity index is 1510. The summed E-state index contributed by atoms with van der Waals surface area (Å²) in [5.74, 6) is -0.968. The minimum atomic E-state index is -0.755. The summed E-state index contributed by atoms with van der Waals surface area (Å²) in [6.45, 7) is 13.9. The van der Waals surface area contributed by atoms with Gasteiger partial charge in [-0.2, -0.15) is 0 Å². The number of esters is 3. The molecule has 0 saturated carbocycles. The standard InChI is InChI=1S/C25H31NO3S.C11H13NO4/c1-17(2)22(27)18-8-12-20(13-9-18)30-21-14-10-19(11-15-21)29-23(28)25(6,26-7)16-24(3,4)5;1-15-10(13)8-4-2-3-5-9(8)11(14)16-7-6-12/h8-15,26H,1,16H2,2-7H3;2-5H,6-7,12H2,1H3. The Morgan fingerprint density at radius 1 is 0.848 bits per heavy atom. The van der Waals surface area contributed by atoms with Crippen LogP contribution in [0.2, 0.25) is 0 Å². The molecule has 0 heterocycles. The maximum absolute atomic E-state index is 12.7. The van der Waals surface area contributed by atoms with Gasteiger partial charge < -0.3 is 25.3 Å². The Morgan fingerprint density at radius 2 is 1.37 bits per heavy atom. The maximum atomic E-state index is 12.7. The Balaban J connectivity index is 0.000000387. The van der Waals surface area contributed by atoms with Crippen molar-refractivity contribution in [2.24, 2.45) is 11.1 Å². The van der Waals surface area contributed by atoms with Crippen molar-refractivity contribution in [1.82, 2.24) is 5.32 Å². The van der Waals surface area contributed by atoms with Crippen molar-refractivity contribution >= 4 is 35.5 Å². The predicted molar refractivity (Wildman–Crippen MR) is 180 cm³/mol. The number of nitrogens with two attached hydrogens (primary N) is 1. The topological polar surface area (TPSA) is 134 Å². The van der Waals surface area contributed by atoms with E-state index in [9.17, 15) is 19.2 Å². The normalized spacial score (nSPS) is 12.1. The molecule has 3 rings (SSSR count). The summed E-state index contributed by atoms with van der Waals surface area (Å²) < 4.78 is 15.0. The molecular weight excluding hydrogens is 604 g/mol. The molecule has 0 aliphatic carbocycles. The average Bonchev–Trinajstić information content (AvgIpc) is 3.03. The number of benzene rings is 3. The molecule has 0 aliphatic rings. The molecule has 0 radical (unpaired) electrons. The van der Waals surface area contributed by atoms with Gasteiger partial charge in [0, 0.05) is 21.9 Å². The van der Waals surface area contributed by atoms with Crippen LogP contribution in [-0.2, 0) is 14.3 Å². The zero-order valence-corrected chi connectivity index (χ0v) is 28.4. The lowest BCUT2D eigenvalue weighted by Gasteiger charge is -2.33. The van der Waals surface area contributed by atoms with Crippen molar-refractivity contribution in [1.29, 1.82) is 0 Å². The highest BCUT2D eigenvalue weighted by Gasteiger charge is 2.37. The Morgan fingerprint density at radius 3 is 1.83 bits per heavy atom. The van der Waals surface area contributed by atoms with Crippen LogP contribution in [0.15, 0.2) is 94.7 Å². The van der Waals surface area contributed by atoms with E-state index in [1.165, 1.54) is 19.2 Å². The number of methoxy groups -OCH3 is 1. The van der Waals surface area contributed by atoms with Crippen LogP contribution in [0.5, 0.6) is 5.75 Å². The molecule has 46 heavy (non-hydrogen) atoms. The van der Waals surface area contributed by atoms with E-state index in [1.807, 2.05) is 43.3 Å². The number of likely N-dealkylation sites (N-methyl/N-ethyl adjacent to an activating group) is 1. The number of ketones is 1. The molecule has 0 amide bonds. The van der Waals surface area contributed by atoms with Crippen molar-refractivity contribution in [2.45, 2.75) is 56.4 Å². The van der Waals surface area contributed by atoms with Crippen LogP contribution < -0.4 is 15.8 Å². The lowest BCUT2D eigenvalue weighted by atomic mass is 9.81. The summed E-state index contributed by atoms with van der Waals surface area (Å²) in [6.07, 6.45) is 0.660. The van der Waals surface area contributed by atoms with Gasteiger partial charge in [0.1, 0.15) is 17.9 Å². The third-order valence-electron chi connectivity index (χ3n) is 6.56. The molecule has 0 fully saturated rings. The van der Waals surface area contributed by atoms with Crippen LogP contribution in [0.25, 0.3) is 0 Å². The van der Waals surface area contributed by atoms with E-state index >= 15 is 0 Å². The molecule has 9 nitrogen and oxygen atoms in total. The van der Waals surface area contributed by atoms with E-state index < -0.39 is 17.5 Å². The van der Waals surface area contributed by atoms with Gasteiger partial charge in [0.25, 0.3) is 0 Å². The molecule has 1 atom stereocenters. The number of hydrogen-bond acceptors (Lipinski definition) is 10. The van der Waals surface area contributed by atoms with Gasteiger partial charge in [-0.15, -0.1) is 0 Å². The minimum absolute atomic E-state index is 0.0121. The van der Waals surface area contributed by atoms with E-state index in [1.54, 1.807) is 50.0 Å². The zero-order chi connectivity index (χ0) is 34.5. The molecule has 1 unspecified atom stereocenters. The van der Waals surface area contributed by atoms with Gasteiger partial charge in [0.2, 0.25) is 0 Å². The molecule has 3 aromatic rings. The van der Waals surface area contributed by atoms with Crippen molar-refractivity contribution < 1.29 is 33.4 Å². The van der Waals surface area contributed by atoms with Gasteiger partial charge in [-0.25, -0.2) is 14.4 Å². The van der Waals surface area contributed by atoms with E-state index in [0.29, 0.717) is 23.3 Å². The summed E-state index contributed by atoms with van der Waals surface area (Å²) in [5.41, 5.74) is 5.97. The van der Waals surface area contributed by atoms with Gasteiger partial charge in [0.05, 0.1) is 18.2 Å². The first-order valence-corrected chi connectivity index (χ1v) is 15.5. The molecule has 246 valence electrons. The van der Waals surface area contributed by atoms with E-state index in [2.05, 4.69) is 37.4 Å². The highest BCUT2D eigenvalue weighted by molar-refractivity contribution is 7.99. The molecule has 0 spiro atoms. The first-order chi connectivity index (χ1) is 21.6. The van der Waals surface area contributed by atoms with Gasteiger partial charge in [-0.3, -0.25) is 4.79 Å². The fourth-order valence-electron chi connectivity index (χ4n) is 4.35. The SMILES string of the molecule is C=C(C)C(=O)c1ccc(Sc2ccc(OC(=O)C(C)(CC(C)(C)C)NC)cc2)cc1.COC(=O)c1ccccc1C(=O)OCCN. The molecule has 0 aliphatic heterocycles. The zero-order valence-electron chi connectivity index (χ0n) is 27.6. The highest BCUT2D eigenvalue weighted by Crippen LogP contribution is 2.31. The molecule has 3 N–H and O–H groups in total. The van der Waals surface area contributed by atoms with Crippen LogP contribution >= 0.6 is 11.8 Å². The van der Waals surface area contributed by atoms with Crippen LogP contribution in [0.3, 0.4) is 0 Å². The van der Waals surface area contributed by atoms with E-state index in [4.69, 9.17) is 15.2 Å². The second-order valence-corrected chi connectivity index (χ2v) is 13.0. The van der Waals surface area contributed by atoms with Crippen molar-refractivity contribution in [2.75, 3.05) is 27.3 Å². The first kappa shape index (κ1) is 37.9. The van der Waals surface area contributed by atoms with Crippen LogP contribution in [0, 0.1) is 5.41 Å². The molecule has 0 aromatic heterocycles. The molecule has 0 bridgehead atoms. The Labute approximate surface area is 275 Å². The third kappa shape index (κ3) is 11.6. The fourth-order valence-corrected chi connectivity index (χ4v) is 5.17. The highest BCUT2D eigenvalue weighted by atomic mass is 32.2. The summed E-state index contributed by atoms with van der Waals surface area (Å²) in [5, 5.41) is 3.11. The number of nitrogens with one attached hydrogen (secondary N) is 1. The van der Waals surface area contributed by atoms with Crippen molar-refractivity contribution in [3.05, 3.63) is 102 Å². The summed E-state index contributed by atoms with van der Waals surface area (Å²) in [6, 6.07) is 21.2. The number of rotatable bonds is 12. The summed E-state index contributed by atoms with van der Waals surface area (Å²) >= 11 is 1.58. The first-order valence-electron chi connectivity index (χ1n) is 14.7. The molecule has 0 saturated heterocycles. The average molecular weight is 649 g/mol. The number of ether oxygens (including phenoxy) is 3. The Hall–Kier alpha value is -4.25. The van der Waals surface area contributed by atoms with Gasteiger partial charge in [-0.1, -0.05) is 51.2 Å². The van der Waals surface area contributed by atoms with Gasteiger partial charge >= 0.3 is 17.9 Å². The number of hydrogen-bond donors (Lipinski definition) is 2. The third-order valence-corrected chi connectivity index (χ3v) is 7.58. The molecule has 3 aromatic carbocycles. The molecular formula is C36H44N2O7S. The second kappa shape index (κ2) is 17.4. The number of allylic oxidation sites excluding steroid dienone is 1. The maximum Gasteiger partial charge on any atom is 0.339 e. The minimum Gasteiger partial charge on any atom is -0.465 e. The predicted octanol–water partition coefficient (Wildman–Crippen LogP) is 6.51. The van der Waals surface area contributed by atoms with Crippen LogP contribution in [-0.4, -0.2) is 56.5 Å². The van der Waals surface area contributed by atoms with E-state index in [-0.39, 0.29) is 41.4 Å².